The molecule has 10 heavy (non-hydrogen) atoms. The molecule has 0 rings (SSSR count). The maximum absolute atomic E-state index is 9.62. The van der Waals surface area contributed by atoms with E-state index in [0.29, 0.717) is 0 Å². The van der Waals surface area contributed by atoms with E-state index in [1.807, 2.05) is 0 Å². The largest absolute Gasteiger partial charge is 1.00 e. The first-order valence-corrected chi connectivity index (χ1v) is 2.73. The van der Waals surface area contributed by atoms with Crippen molar-refractivity contribution in [1.29, 1.82) is 0 Å². The van der Waals surface area contributed by atoms with Crippen LogP contribution in [0.4, 0.5) is 0 Å². The van der Waals surface area contributed by atoms with E-state index < -0.39 is 22.5 Å². The minimum atomic E-state index is -2.68. The molecule has 0 saturated carbocycles. The summed E-state index contributed by atoms with van der Waals surface area (Å²) in [5.41, 5.74) is -2.19. The van der Waals surface area contributed by atoms with Gasteiger partial charge in [-0.1, -0.05) is 0 Å². The van der Waals surface area contributed by atoms with Crippen LogP contribution < -0.4 is 103 Å². The topological polar surface area (TPSA) is 94.8 Å². The quantitative estimate of drug-likeness (QED) is 0.317. The first-order chi connectivity index (χ1) is 3.55. The van der Waals surface area contributed by atoms with Gasteiger partial charge in [-0.05, 0) is 0 Å². The monoisotopic (exact) mass is 220 g/mol. The van der Waals surface area contributed by atoms with Crippen LogP contribution in [-0.2, 0) is 15.9 Å². The van der Waals surface area contributed by atoms with Crippen molar-refractivity contribution in [1.82, 2.24) is 0 Å². The van der Waals surface area contributed by atoms with Crippen molar-refractivity contribution in [2.45, 2.75) is 5.44 Å². The Morgan fingerprint density at radius 2 is 1.80 bits per heavy atom. The summed E-state index contributed by atoms with van der Waals surface area (Å²) in [4.78, 5) is 9.54. The molecular weight excluding hydrogens is 214 g/mol. The maximum Gasteiger partial charge on any atom is 1.00 e. The molecule has 3 N–H and O–H groups in total. The van der Waals surface area contributed by atoms with Crippen LogP contribution in [0.5, 0.6) is 0 Å². The number of aliphatic hydroxyl groups excluding tert-OH is 1. The van der Waals surface area contributed by atoms with Crippen LogP contribution in [0, 0.1) is 0 Å². The number of carboxylic acid groups (broad SMARTS) is 1. The molecule has 0 aliphatic heterocycles. The number of aliphatic carboxylic acids is 1. The first-order valence-electron chi connectivity index (χ1n) is 1.56. The van der Waals surface area contributed by atoms with Gasteiger partial charge in [0.05, 0.1) is 0 Å². The Morgan fingerprint density at radius 3 is 1.80 bits per heavy atom. The molecule has 0 aromatic carbocycles. The molecule has 0 spiro atoms. The molecule has 2 atom stereocenters. The van der Waals surface area contributed by atoms with Gasteiger partial charge in [0.1, 0.15) is 0 Å². The Hall–Kier alpha value is 2.81. The molecule has 0 saturated heterocycles. The normalized spacial score (nSPS) is 13.8. The predicted octanol–water partition coefficient (Wildman–Crippen LogP) is -7.16. The van der Waals surface area contributed by atoms with Crippen LogP contribution in [0.1, 0.15) is 2.85 Å². The summed E-state index contributed by atoms with van der Waals surface area (Å²) in [6, 6.07) is 0. The smallest absolute Gasteiger partial charge is 1.00 e. The van der Waals surface area contributed by atoms with E-state index in [0.717, 1.165) is 0 Å². The number of carbonyl (C=O) groups is 1. The van der Waals surface area contributed by atoms with Crippen LogP contribution in [0.25, 0.3) is 0 Å². The standard InChI is InChI=1S/C2H4O5S.2K.2H/c3-1(4)2(5)8(6)7;;;;/h2,5H,(H,3,4)(H,6,7);;;;/q;2*+1;2*-1. The molecule has 52 valence electrons. The van der Waals surface area contributed by atoms with Gasteiger partial charge in [0, 0.05) is 0 Å². The van der Waals surface area contributed by atoms with Gasteiger partial charge in [0.2, 0.25) is 0 Å². The summed E-state index contributed by atoms with van der Waals surface area (Å²) in [7, 11) is 0. The third-order valence-corrected chi connectivity index (χ3v) is 0.986. The van der Waals surface area contributed by atoms with Crippen molar-refractivity contribution in [2.75, 3.05) is 0 Å². The van der Waals surface area contributed by atoms with Gasteiger partial charge < -0.3 is 17.6 Å². The summed E-state index contributed by atoms with van der Waals surface area (Å²) in [5, 5.41) is 15.8. The second-order valence-electron chi connectivity index (χ2n) is 0.967. The summed E-state index contributed by atoms with van der Waals surface area (Å²) >= 11 is -2.68. The van der Waals surface area contributed by atoms with E-state index in [1.165, 1.54) is 0 Å². The zero-order valence-electron chi connectivity index (χ0n) is 7.64. The van der Waals surface area contributed by atoms with Crippen molar-refractivity contribution in [3.05, 3.63) is 0 Å². The van der Waals surface area contributed by atoms with E-state index in [9.17, 15) is 9.00 Å². The fraction of sp³-hybridized carbons (Fsp3) is 0.500. The molecule has 0 aromatic rings. The van der Waals surface area contributed by atoms with Crippen LogP contribution in [0.15, 0.2) is 0 Å². The van der Waals surface area contributed by atoms with Gasteiger partial charge in [0.25, 0.3) is 5.44 Å². The SMILES string of the molecule is O=C(O)C(O)S(=O)O.[H-].[H-].[K+].[K+]. The number of carboxylic acids is 1. The third kappa shape index (κ3) is 8.91. The Kier molecular flexibility index (Phi) is 18.4. The minimum Gasteiger partial charge on any atom is -1.00 e. The predicted molar refractivity (Wildman–Crippen MR) is 26.6 cm³/mol. The average molecular weight is 220 g/mol. The molecule has 0 amide bonds. The average Bonchev–Trinajstić information content (AvgIpc) is 1.64. The number of hydrogen-bond acceptors (Lipinski definition) is 3. The zero-order chi connectivity index (χ0) is 6.73. The first kappa shape index (κ1) is 18.6. The van der Waals surface area contributed by atoms with Gasteiger partial charge in [-0.25, -0.2) is 9.00 Å². The molecule has 0 aliphatic rings. The fourth-order valence-corrected chi connectivity index (χ4v) is 0.259. The summed E-state index contributed by atoms with van der Waals surface area (Å²) < 4.78 is 17.5. The second kappa shape index (κ2) is 9.90. The Labute approximate surface area is 148 Å². The van der Waals surface area contributed by atoms with Crippen LogP contribution in [0.3, 0.4) is 0 Å². The second-order valence-corrected chi connectivity index (χ2v) is 1.97. The van der Waals surface area contributed by atoms with Crippen LogP contribution in [-0.4, -0.2) is 30.4 Å². The molecule has 2 unspecified atom stereocenters. The zero-order valence-corrected chi connectivity index (χ0v) is 12.7. The Morgan fingerprint density at radius 1 is 1.50 bits per heavy atom. The fourth-order valence-electron chi connectivity index (χ4n) is 0.0862. The molecular formula is C2H6K2O5S. The molecule has 0 radical (unpaired) electrons. The summed E-state index contributed by atoms with van der Waals surface area (Å²) in [6.07, 6.45) is 0. The van der Waals surface area contributed by atoms with Crippen molar-refractivity contribution >= 4 is 17.0 Å². The van der Waals surface area contributed by atoms with E-state index in [4.69, 9.17) is 14.8 Å². The molecule has 5 nitrogen and oxygen atoms in total. The van der Waals surface area contributed by atoms with E-state index in [2.05, 4.69) is 0 Å². The molecule has 0 aliphatic carbocycles. The summed E-state index contributed by atoms with van der Waals surface area (Å²) in [5.74, 6) is -1.70. The molecule has 0 heterocycles. The van der Waals surface area contributed by atoms with Crippen LogP contribution in [0.2, 0.25) is 0 Å². The van der Waals surface area contributed by atoms with Crippen LogP contribution >= 0.6 is 0 Å². The third-order valence-electron chi connectivity index (χ3n) is 0.402. The van der Waals surface area contributed by atoms with Gasteiger partial charge in [-0.15, -0.1) is 0 Å². The van der Waals surface area contributed by atoms with Crippen molar-refractivity contribution < 1.29 is 129 Å². The van der Waals surface area contributed by atoms with Crippen molar-refractivity contribution in [3.8, 4) is 0 Å². The molecule has 8 heteroatoms. The maximum atomic E-state index is 9.62. The van der Waals surface area contributed by atoms with E-state index in [-0.39, 0.29) is 106 Å². The minimum absolute atomic E-state index is 0. The number of rotatable bonds is 2. The number of hydrogen-bond donors (Lipinski definition) is 3. The van der Waals surface area contributed by atoms with Gasteiger partial charge >= 0.3 is 109 Å². The van der Waals surface area contributed by atoms with Gasteiger partial charge in [0.15, 0.2) is 11.1 Å². The van der Waals surface area contributed by atoms with Gasteiger partial charge in [-0.3, -0.25) is 0 Å². The Balaban J connectivity index is -0.0000000408. The van der Waals surface area contributed by atoms with E-state index in [1.54, 1.807) is 0 Å². The van der Waals surface area contributed by atoms with E-state index >= 15 is 0 Å². The molecule has 0 fully saturated rings. The molecule has 0 aromatic heterocycles. The van der Waals surface area contributed by atoms with Gasteiger partial charge in [-0.2, -0.15) is 0 Å². The molecule has 0 bridgehead atoms. The Bertz CT molecular complexity index is 121. The number of aliphatic hydroxyl groups is 1. The summed E-state index contributed by atoms with van der Waals surface area (Å²) in [6.45, 7) is 0. The van der Waals surface area contributed by atoms with Crippen molar-refractivity contribution in [2.24, 2.45) is 0 Å². The van der Waals surface area contributed by atoms with Crippen molar-refractivity contribution in [3.63, 3.8) is 0 Å².